The summed E-state index contributed by atoms with van der Waals surface area (Å²) in [5.41, 5.74) is 2.16. The van der Waals surface area contributed by atoms with Crippen LogP contribution < -0.4 is 11.1 Å². The molecule has 0 amide bonds. The summed E-state index contributed by atoms with van der Waals surface area (Å²) < 4.78 is 4.60. The van der Waals surface area contributed by atoms with Crippen LogP contribution in [0.1, 0.15) is 36.6 Å². The predicted molar refractivity (Wildman–Crippen MR) is 136 cm³/mol. The van der Waals surface area contributed by atoms with Crippen molar-refractivity contribution >= 4 is 24.1 Å². The van der Waals surface area contributed by atoms with Gasteiger partial charge >= 0.3 is 0 Å². The number of hydrogen-bond donors (Lipinski definition) is 2. The van der Waals surface area contributed by atoms with Gasteiger partial charge in [-0.3, -0.25) is 23.8 Å². The van der Waals surface area contributed by atoms with Crippen molar-refractivity contribution in [3.63, 3.8) is 0 Å². The number of aromatic nitrogens is 4. The number of aromatic hydroxyl groups is 1. The van der Waals surface area contributed by atoms with Gasteiger partial charge in [0, 0.05) is 13.3 Å². The van der Waals surface area contributed by atoms with E-state index < -0.39 is 5.56 Å². The molecule has 0 bridgehead atoms. The Kier molecular flexibility index (Phi) is 6.21. The fourth-order valence-corrected chi connectivity index (χ4v) is 4.02. The molecule has 0 unspecified atom stereocenters. The summed E-state index contributed by atoms with van der Waals surface area (Å²) in [7, 11) is 1.76. The van der Waals surface area contributed by atoms with Crippen molar-refractivity contribution in [3.05, 3.63) is 96.9 Å². The normalized spacial score (nSPS) is 11.6. The second-order valence-electron chi connectivity index (χ2n) is 8.25. The minimum Gasteiger partial charge on any atom is -0.494 e. The van der Waals surface area contributed by atoms with Gasteiger partial charge in [0.2, 0.25) is 5.88 Å². The van der Waals surface area contributed by atoms with Gasteiger partial charge in [-0.25, -0.2) is 9.67 Å². The van der Waals surface area contributed by atoms with Crippen LogP contribution in [0.2, 0.25) is 0 Å². The molecule has 0 spiro atoms. The second kappa shape index (κ2) is 9.11. The number of aliphatic imine (C=N–C) groups is 1. The van der Waals surface area contributed by atoms with Crippen molar-refractivity contribution in [3.8, 4) is 17.3 Å². The molecule has 0 saturated carbocycles. The molecule has 2 aromatic carbocycles. The van der Waals surface area contributed by atoms with E-state index in [2.05, 4.69) is 23.8 Å². The van der Waals surface area contributed by atoms with Crippen LogP contribution >= 0.6 is 12.2 Å². The van der Waals surface area contributed by atoms with E-state index in [1.54, 1.807) is 18.7 Å². The molecule has 2 N–H and O–H groups in total. The first-order chi connectivity index (χ1) is 16.2. The van der Waals surface area contributed by atoms with Crippen LogP contribution in [0.15, 0.2) is 69.2 Å². The summed E-state index contributed by atoms with van der Waals surface area (Å²) in [6, 6.07) is 16.7. The predicted octanol–water partition coefficient (Wildman–Crippen LogP) is 4.27. The third-order valence-corrected chi connectivity index (χ3v) is 6.07. The monoisotopic (exact) mass is 475 g/mol. The molecular formula is C25H25N5O3S. The standard InChI is InChI=1S/C25H25N5O3S/c1-15(2)17-10-12-18(13-11-17)29-23(32)20(22(31)27-25(29)34)14-26-21-16(3)28(4)30(24(21)33)19-8-6-5-7-9-19/h5-15,32H,1-4H3,(H,27,31,34). The number of hydrogen-bond acceptors (Lipinski definition) is 5. The lowest BCUT2D eigenvalue weighted by molar-refractivity contribution is 0.432. The Balaban J connectivity index is 1.81. The van der Waals surface area contributed by atoms with Gasteiger partial charge in [0.05, 0.1) is 17.1 Å². The topological polar surface area (TPSA) is 97.3 Å². The van der Waals surface area contributed by atoms with Gasteiger partial charge in [0.25, 0.3) is 11.1 Å². The third kappa shape index (κ3) is 4.06. The van der Waals surface area contributed by atoms with Crippen LogP contribution in [0, 0.1) is 11.7 Å². The van der Waals surface area contributed by atoms with Crippen molar-refractivity contribution in [2.75, 3.05) is 0 Å². The van der Waals surface area contributed by atoms with Crippen molar-refractivity contribution in [2.45, 2.75) is 26.7 Å². The highest BCUT2D eigenvalue weighted by atomic mass is 32.1. The highest BCUT2D eigenvalue weighted by molar-refractivity contribution is 7.71. The average Bonchev–Trinajstić information content (AvgIpc) is 3.02. The zero-order chi connectivity index (χ0) is 24.6. The molecule has 4 aromatic rings. The first-order valence-corrected chi connectivity index (χ1v) is 11.2. The largest absolute Gasteiger partial charge is 0.494 e. The molecule has 0 atom stereocenters. The van der Waals surface area contributed by atoms with E-state index in [1.807, 2.05) is 54.6 Å². The van der Waals surface area contributed by atoms with Crippen LogP contribution in [0.3, 0.4) is 0 Å². The lowest BCUT2D eigenvalue weighted by Gasteiger charge is -2.12. The number of H-pyrrole nitrogens is 1. The number of para-hydroxylation sites is 1. The SMILES string of the molecule is Cc1c(N=Cc2c(O)n(-c3ccc(C(C)C)cc3)c(=S)[nH]c2=O)c(=O)n(-c2ccccc2)n1C. The summed E-state index contributed by atoms with van der Waals surface area (Å²) >= 11 is 5.29. The maximum atomic E-state index is 13.1. The van der Waals surface area contributed by atoms with Crippen molar-refractivity contribution < 1.29 is 5.11 Å². The van der Waals surface area contributed by atoms with E-state index in [4.69, 9.17) is 12.2 Å². The van der Waals surface area contributed by atoms with E-state index in [9.17, 15) is 14.7 Å². The van der Waals surface area contributed by atoms with Gasteiger partial charge < -0.3 is 5.11 Å². The van der Waals surface area contributed by atoms with Gasteiger partial charge in [0.15, 0.2) is 10.5 Å². The van der Waals surface area contributed by atoms with E-state index >= 15 is 0 Å². The van der Waals surface area contributed by atoms with E-state index in [-0.39, 0.29) is 27.5 Å². The number of aromatic amines is 1. The smallest absolute Gasteiger partial charge is 0.297 e. The quantitative estimate of drug-likeness (QED) is 0.333. The third-order valence-electron chi connectivity index (χ3n) is 5.79. The number of benzene rings is 2. The zero-order valence-electron chi connectivity index (χ0n) is 19.3. The van der Waals surface area contributed by atoms with Gasteiger partial charge in [-0.2, -0.15) is 0 Å². The summed E-state index contributed by atoms with van der Waals surface area (Å²) in [6.45, 7) is 5.94. The van der Waals surface area contributed by atoms with Crippen LogP contribution in [0.4, 0.5) is 5.69 Å². The van der Waals surface area contributed by atoms with Gasteiger partial charge in [-0.1, -0.05) is 44.2 Å². The van der Waals surface area contributed by atoms with E-state index in [0.29, 0.717) is 23.0 Å². The van der Waals surface area contributed by atoms with E-state index in [1.165, 1.54) is 15.5 Å². The molecule has 0 aliphatic rings. The van der Waals surface area contributed by atoms with Gasteiger partial charge in [-0.05, 0) is 54.9 Å². The molecular weight excluding hydrogens is 450 g/mol. The Labute approximate surface area is 201 Å². The maximum Gasteiger partial charge on any atom is 0.297 e. The zero-order valence-corrected chi connectivity index (χ0v) is 20.1. The van der Waals surface area contributed by atoms with Crippen LogP contribution in [0.5, 0.6) is 5.88 Å². The van der Waals surface area contributed by atoms with Crippen molar-refractivity contribution in [1.29, 1.82) is 0 Å². The second-order valence-corrected chi connectivity index (χ2v) is 8.63. The lowest BCUT2D eigenvalue weighted by atomic mass is 10.0. The number of nitrogens with one attached hydrogen (secondary N) is 1. The molecule has 0 fully saturated rings. The molecule has 2 heterocycles. The Hall–Kier alpha value is -3.98. The Bertz CT molecular complexity index is 1560. The highest BCUT2D eigenvalue weighted by Gasteiger charge is 2.17. The lowest BCUT2D eigenvalue weighted by Crippen LogP contribution is -2.19. The molecule has 0 aliphatic carbocycles. The van der Waals surface area contributed by atoms with Crippen molar-refractivity contribution in [2.24, 2.45) is 12.0 Å². The highest BCUT2D eigenvalue weighted by Crippen LogP contribution is 2.22. The van der Waals surface area contributed by atoms with Crippen LogP contribution in [-0.4, -0.2) is 30.2 Å². The number of nitrogens with zero attached hydrogens (tertiary/aromatic N) is 4. The summed E-state index contributed by atoms with van der Waals surface area (Å²) in [6.07, 6.45) is 1.20. The molecule has 2 aromatic heterocycles. The summed E-state index contributed by atoms with van der Waals surface area (Å²) in [5, 5.41) is 10.9. The first-order valence-electron chi connectivity index (χ1n) is 10.8. The molecule has 34 heavy (non-hydrogen) atoms. The fraction of sp³-hybridized carbons (Fsp3) is 0.200. The molecule has 8 nitrogen and oxygen atoms in total. The van der Waals surface area contributed by atoms with Crippen molar-refractivity contribution in [1.82, 2.24) is 18.9 Å². The molecule has 0 radical (unpaired) electrons. The minimum atomic E-state index is -0.599. The maximum absolute atomic E-state index is 13.1. The van der Waals surface area contributed by atoms with E-state index in [0.717, 1.165) is 5.56 Å². The van der Waals surface area contributed by atoms with Crippen LogP contribution in [-0.2, 0) is 7.05 Å². The van der Waals surface area contributed by atoms with Crippen LogP contribution in [0.25, 0.3) is 11.4 Å². The summed E-state index contributed by atoms with van der Waals surface area (Å²) in [4.78, 5) is 32.6. The summed E-state index contributed by atoms with van der Waals surface area (Å²) in [5.74, 6) is -0.00490. The van der Waals surface area contributed by atoms with Gasteiger partial charge in [-0.15, -0.1) is 0 Å². The molecule has 9 heteroatoms. The average molecular weight is 476 g/mol. The fourth-order valence-electron chi connectivity index (χ4n) is 3.73. The van der Waals surface area contributed by atoms with Gasteiger partial charge in [0.1, 0.15) is 5.56 Å². The Morgan fingerprint density at radius 2 is 1.68 bits per heavy atom. The Morgan fingerprint density at radius 1 is 1.03 bits per heavy atom. The molecule has 174 valence electrons. The Morgan fingerprint density at radius 3 is 2.29 bits per heavy atom. The molecule has 4 rings (SSSR count). The molecule has 0 aliphatic heterocycles. The minimum absolute atomic E-state index is 0.0549. The first kappa shape index (κ1) is 23.2. The molecule has 0 saturated heterocycles. The number of rotatable bonds is 5.